The van der Waals surface area contributed by atoms with E-state index in [0.29, 0.717) is 11.4 Å². The molecule has 0 unspecified atom stereocenters. The third kappa shape index (κ3) is 5.20. The van der Waals surface area contributed by atoms with Crippen LogP contribution in [0, 0.1) is 10.1 Å². The minimum Gasteiger partial charge on any atom is -0.497 e. The minimum atomic E-state index is -1.17. The first kappa shape index (κ1) is 19.2. The van der Waals surface area contributed by atoms with Crippen LogP contribution in [0.25, 0.3) is 0 Å². The average molecular weight is 358 g/mol. The number of carbonyl (C=O) groups excluding carboxylic acids is 1. The molecular formula is C19H22N2O5. The Morgan fingerprint density at radius 1 is 1.15 bits per heavy atom. The molecule has 7 heteroatoms. The van der Waals surface area contributed by atoms with Gasteiger partial charge >= 0.3 is 5.97 Å². The summed E-state index contributed by atoms with van der Waals surface area (Å²) in [7, 11) is 1.55. The van der Waals surface area contributed by atoms with Crippen LogP contribution in [0.15, 0.2) is 54.6 Å². The standard InChI is InChI=1S/C19H22N2O5/c1-3-26-19(22)18(20-15-9-11-16(25-2)12-10-15)17(21(23)24)13-14-7-5-4-6-8-14/h4-12,17-18,20H,3,13H2,1-2H3/t17-,18-/m0/s1. The molecule has 0 spiro atoms. The molecule has 0 aliphatic rings. The Morgan fingerprint density at radius 2 is 1.81 bits per heavy atom. The highest BCUT2D eigenvalue weighted by atomic mass is 16.6. The predicted molar refractivity (Wildman–Crippen MR) is 98.0 cm³/mol. The molecule has 0 heterocycles. The van der Waals surface area contributed by atoms with Crippen LogP contribution in [0.5, 0.6) is 5.75 Å². The summed E-state index contributed by atoms with van der Waals surface area (Å²) < 4.78 is 10.2. The van der Waals surface area contributed by atoms with Gasteiger partial charge in [0, 0.05) is 17.0 Å². The Labute approximate surface area is 152 Å². The molecule has 0 saturated carbocycles. The number of nitro groups is 1. The van der Waals surface area contributed by atoms with Crippen molar-refractivity contribution < 1.29 is 19.2 Å². The lowest BCUT2D eigenvalue weighted by Crippen LogP contribution is -2.47. The first-order valence-corrected chi connectivity index (χ1v) is 8.29. The lowest BCUT2D eigenvalue weighted by molar-refractivity contribution is -0.522. The van der Waals surface area contributed by atoms with Gasteiger partial charge in [-0.2, -0.15) is 0 Å². The van der Waals surface area contributed by atoms with E-state index in [0.717, 1.165) is 5.56 Å². The Kier molecular flexibility index (Phi) is 6.96. The van der Waals surface area contributed by atoms with E-state index in [4.69, 9.17) is 9.47 Å². The number of rotatable bonds is 9. The highest BCUT2D eigenvalue weighted by Crippen LogP contribution is 2.19. The van der Waals surface area contributed by atoms with Crippen LogP contribution < -0.4 is 10.1 Å². The van der Waals surface area contributed by atoms with E-state index >= 15 is 0 Å². The van der Waals surface area contributed by atoms with Gasteiger partial charge in [0.1, 0.15) is 5.75 Å². The van der Waals surface area contributed by atoms with Gasteiger partial charge < -0.3 is 14.8 Å². The third-order valence-electron chi connectivity index (χ3n) is 3.90. The summed E-state index contributed by atoms with van der Waals surface area (Å²) in [6.45, 7) is 1.82. The van der Waals surface area contributed by atoms with Gasteiger partial charge in [-0.1, -0.05) is 30.3 Å². The van der Waals surface area contributed by atoms with Crippen molar-refractivity contribution in [2.45, 2.75) is 25.4 Å². The number of nitrogens with one attached hydrogen (secondary N) is 1. The van der Waals surface area contributed by atoms with Crippen LogP contribution in [-0.2, 0) is 16.0 Å². The summed E-state index contributed by atoms with van der Waals surface area (Å²) in [5.41, 5.74) is 1.35. The van der Waals surface area contributed by atoms with Gasteiger partial charge in [0.05, 0.1) is 13.7 Å². The van der Waals surface area contributed by atoms with E-state index in [2.05, 4.69) is 5.32 Å². The van der Waals surface area contributed by atoms with Gasteiger partial charge in [-0.05, 0) is 36.8 Å². The molecule has 2 aromatic rings. The van der Waals surface area contributed by atoms with E-state index in [1.165, 1.54) is 0 Å². The zero-order chi connectivity index (χ0) is 18.9. The molecule has 0 fully saturated rings. The summed E-state index contributed by atoms with van der Waals surface area (Å²) in [5, 5.41) is 14.6. The van der Waals surface area contributed by atoms with E-state index in [9.17, 15) is 14.9 Å². The second-order valence-electron chi connectivity index (χ2n) is 5.64. The quantitative estimate of drug-likeness (QED) is 0.421. The molecule has 138 valence electrons. The largest absolute Gasteiger partial charge is 0.497 e. The number of ether oxygens (including phenoxy) is 2. The zero-order valence-corrected chi connectivity index (χ0v) is 14.8. The van der Waals surface area contributed by atoms with Gasteiger partial charge in [0.2, 0.25) is 6.04 Å². The van der Waals surface area contributed by atoms with Crippen molar-refractivity contribution >= 4 is 11.7 Å². The zero-order valence-electron chi connectivity index (χ0n) is 14.8. The number of benzene rings is 2. The van der Waals surface area contributed by atoms with Gasteiger partial charge in [0.15, 0.2) is 6.04 Å². The summed E-state index contributed by atoms with van der Waals surface area (Å²) in [4.78, 5) is 23.6. The molecule has 7 nitrogen and oxygen atoms in total. The minimum absolute atomic E-state index is 0.112. The Bertz CT molecular complexity index is 718. The number of hydrogen-bond donors (Lipinski definition) is 1. The van der Waals surface area contributed by atoms with Crippen LogP contribution in [0.3, 0.4) is 0 Å². The number of methoxy groups -OCH3 is 1. The first-order valence-electron chi connectivity index (χ1n) is 8.29. The van der Waals surface area contributed by atoms with Gasteiger partial charge in [-0.3, -0.25) is 10.1 Å². The molecule has 0 aliphatic carbocycles. The predicted octanol–water partition coefficient (Wildman–Crippen LogP) is 2.93. The molecule has 0 bridgehead atoms. The highest BCUT2D eigenvalue weighted by Gasteiger charge is 2.38. The van der Waals surface area contributed by atoms with Crippen molar-refractivity contribution in [3.05, 3.63) is 70.3 Å². The Hall–Kier alpha value is -3.09. The summed E-state index contributed by atoms with van der Waals surface area (Å²) in [6, 6.07) is 13.6. The molecule has 2 aromatic carbocycles. The van der Waals surface area contributed by atoms with E-state index in [1.807, 2.05) is 18.2 Å². The van der Waals surface area contributed by atoms with Crippen molar-refractivity contribution in [3.8, 4) is 5.75 Å². The molecule has 1 N–H and O–H groups in total. The fourth-order valence-corrected chi connectivity index (χ4v) is 2.58. The molecular weight excluding hydrogens is 336 g/mol. The van der Waals surface area contributed by atoms with Crippen molar-refractivity contribution in [2.24, 2.45) is 0 Å². The van der Waals surface area contributed by atoms with Crippen LogP contribution >= 0.6 is 0 Å². The number of nitrogens with zero attached hydrogens (tertiary/aromatic N) is 1. The molecule has 0 aliphatic heterocycles. The van der Waals surface area contributed by atoms with Crippen LogP contribution in [0.4, 0.5) is 5.69 Å². The number of esters is 1. The van der Waals surface area contributed by atoms with Gasteiger partial charge in [0.25, 0.3) is 0 Å². The van der Waals surface area contributed by atoms with Gasteiger partial charge in [-0.15, -0.1) is 0 Å². The van der Waals surface area contributed by atoms with E-state index in [1.54, 1.807) is 50.4 Å². The molecule has 0 radical (unpaired) electrons. The Morgan fingerprint density at radius 3 is 2.35 bits per heavy atom. The topological polar surface area (TPSA) is 90.7 Å². The van der Waals surface area contributed by atoms with Crippen molar-refractivity contribution in [2.75, 3.05) is 19.0 Å². The van der Waals surface area contributed by atoms with E-state index in [-0.39, 0.29) is 13.0 Å². The monoisotopic (exact) mass is 358 g/mol. The van der Waals surface area contributed by atoms with Crippen molar-refractivity contribution in [3.63, 3.8) is 0 Å². The van der Waals surface area contributed by atoms with E-state index < -0.39 is 23.0 Å². The third-order valence-corrected chi connectivity index (χ3v) is 3.90. The molecule has 0 amide bonds. The summed E-state index contributed by atoms with van der Waals surface area (Å²) in [5.74, 6) is -0.000652. The molecule has 2 rings (SSSR count). The first-order chi connectivity index (χ1) is 12.5. The average Bonchev–Trinajstić information content (AvgIpc) is 2.66. The Balaban J connectivity index is 2.26. The fourth-order valence-electron chi connectivity index (χ4n) is 2.58. The molecule has 0 saturated heterocycles. The van der Waals surface area contributed by atoms with Crippen LogP contribution in [0.2, 0.25) is 0 Å². The number of hydrogen-bond acceptors (Lipinski definition) is 6. The number of anilines is 1. The van der Waals surface area contributed by atoms with Crippen molar-refractivity contribution in [1.29, 1.82) is 0 Å². The maximum absolute atomic E-state index is 12.4. The number of carbonyl (C=O) groups is 1. The van der Waals surface area contributed by atoms with Crippen molar-refractivity contribution in [1.82, 2.24) is 0 Å². The fraction of sp³-hybridized carbons (Fsp3) is 0.316. The molecule has 26 heavy (non-hydrogen) atoms. The maximum Gasteiger partial charge on any atom is 0.335 e. The summed E-state index contributed by atoms with van der Waals surface area (Å²) in [6.07, 6.45) is 0.112. The smallest absolute Gasteiger partial charge is 0.335 e. The second-order valence-corrected chi connectivity index (χ2v) is 5.64. The SMILES string of the molecule is CCOC(=O)[C@@H](Nc1ccc(OC)cc1)[C@H](Cc1ccccc1)[N+](=O)[O-]. The molecule has 2 atom stereocenters. The normalized spacial score (nSPS) is 12.7. The van der Waals surface area contributed by atoms with Crippen LogP contribution in [-0.4, -0.2) is 36.7 Å². The van der Waals surface area contributed by atoms with Gasteiger partial charge in [-0.25, -0.2) is 4.79 Å². The highest BCUT2D eigenvalue weighted by molar-refractivity contribution is 5.80. The summed E-state index contributed by atoms with van der Waals surface area (Å²) >= 11 is 0. The second kappa shape index (κ2) is 9.41. The lowest BCUT2D eigenvalue weighted by atomic mass is 9.99. The maximum atomic E-state index is 12.4. The van der Waals surface area contributed by atoms with Crippen LogP contribution in [0.1, 0.15) is 12.5 Å². The molecule has 0 aromatic heterocycles. The lowest BCUT2D eigenvalue weighted by Gasteiger charge is -2.22.